The highest BCUT2D eigenvalue weighted by Gasteiger charge is 2.77. The van der Waals surface area contributed by atoms with E-state index < -0.39 is 38.7 Å². The minimum atomic E-state index is -1.85. The predicted octanol–water partition coefficient (Wildman–Crippen LogP) is 7.08. The molecule has 30 heavy (non-hydrogen) atoms. The van der Waals surface area contributed by atoms with E-state index in [1.807, 2.05) is 0 Å². The molecule has 0 aliphatic carbocycles. The molecule has 6 heteroatoms. The van der Waals surface area contributed by atoms with Crippen molar-refractivity contribution in [1.29, 1.82) is 0 Å². The average Bonchev–Trinajstić information content (AvgIpc) is 2.47. The molecular formula is C24H48OSi5. The molecule has 0 N–H and O–H groups in total. The minimum absolute atomic E-state index is 0.0228. The molecule has 0 spiro atoms. The van der Waals surface area contributed by atoms with E-state index in [0.29, 0.717) is 0 Å². The topological polar surface area (TPSA) is 9.23 Å². The van der Waals surface area contributed by atoms with Gasteiger partial charge in [-0.05, 0) is 25.1 Å². The van der Waals surface area contributed by atoms with E-state index in [-0.39, 0.29) is 10.6 Å². The Balaban J connectivity index is 3.00. The molecule has 2 rings (SSSR count). The van der Waals surface area contributed by atoms with Crippen molar-refractivity contribution in [2.75, 3.05) is 0 Å². The van der Waals surface area contributed by atoms with Gasteiger partial charge in [0.15, 0.2) is 8.32 Å². The van der Waals surface area contributed by atoms with Gasteiger partial charge >= 0.3 is 0 Å². The smallest absolute Gasteiger partial charge is 0.184 e. The monoisotopic (exact) mass is 492 g/mol. The summed E-state index contributed by atoms with van der Waals surface area (Å²) >= 11 is 0. The fourth-order valence-corrected chi connectivity index (χ4v) is 65.7. The molecule has 0 saturated carbocycles. The van der Waals surface area contributed by atoms with Crippen LogP contribution in [0.2, 0.25) is 72.0 Å². The van der Waals surface area contributed by atoms with Crippen molar-refractivity contribution in [2.24, 2.45) is 5.41 Å². The number of benzene rings is 1. The maximum absolute atomic E-state index is 7.65. The maximum Gasteiger partial charge on any atom is 0.184 e. The zero-order valence-corrected chi connectivity index (χ0v) is 27.4. The summed E-state index contributed by atoms with van der Waals surface area (Å²) in [5.74, 6) is 0. The van der Waals surface area contributed by atoms with Crippen LogP contribution in [-0.4, -0.2) is 43.9 Å². The van der Waals surface area contributed by atoms with Crippen molar-refractivity contribution in [3.05, 3.63) is 41.2 Å². The highest BCUT2D eigenvalue weighted by molar-refractivity contribution is 7.72. The van der Waals surface area contributed by atoms with Crippen LogP contribution >= 0.6 is 0 Å². The standard InChI is InChI=1S/C24H48OSi5/c1-23(2,3)24(25-26(4,5)6)22(29(13,14)21-18-16-15-17-19-21)20-30(24,27(7,8)9)28(10,11)12/h15-20H,1-14H3. The third kappa shape index (κ3) is 3.83. The van der Waals surface area contributed by atoms with E-state index in [4.69, 9.17) is 4.43 Å². The second-order valence-corrected chi connectivity index (χ2v) is 49.6. The molecule has 1 aliphatic rings. The molecule has 0 aromatic heterocycles. The van der Waals surface area contributed by atoms with E-state index in [0.717, 1.165) is 0 Å². The highest BCUT2D eigenvalue weighted by Crippen LogP contribution is 2.62. The van der Waals surface area contributed by atoms with E-state index in [1.54, 1.807) is 10.4 Å². The van der Waals surface area contributed by atoms with Crippen LogP contribution in [0.15, 0.2) is 41.2 Å². The largest absolute Gasteiger partial charge is 0.411 e. The first kappa shape index (κ1) is 26.3. The Kier molecular flexibility index (Phi) is 6.58. The molecule has 0 bridgehead atoms. The van der Waals surface area contributed by atoms with E-state index in [9.17, 15) is 0 Å². The number of hydrogen-bond acceptors (Lipinski definition) is 1. The normalized spacial score (nSPS) is 23.1. The Labute approximate surface area is 192 Å². The first-order valence-electron chi connectivity index (χ1n) is 11.6. The van der Waals surface area contributed by atoms with Gasteiger partial charge in [-0.3, -0.25) is 0 Å². The lowest BCUT2D eigenvalue weighted by Crippen LogP contribution is -2.92. The first-order valence-corrected chi connectivity index (χ1v) is 29.1. The van der Waals surface area contributed by atoms with Gasteiger partial charge < -0.3 is 4.43 Å². The van der Waals surface area contributed by atoms with Crippen LogP contribution in [0.3, 0.4) is 0 Å². The molecule has 1 aromatic rings. The quantitative estimate of drug-likeness (QED) is 0.385. The molecule has 1 heterocycles. The summed E-state index contributed by atoms with van der Waals surface area (Å²) in [4.78, 5) is 0. The first-order chi connectivity index (χ1) is 13.2. The van der Waals surface area contributed by atoms with Crippen LogP contribution in [0.1, 0.15) is 20.8 Å². The SMILES string of the molecule is CC(C)(C)C1(O[Si](C)(C)C)C([Si](C)(C)c2ccccc2)=C[Si]1([Si](C)(C)C)[Si](C)(C)C. The number of hydrogen-bond donors (Lipinski definition) is 0. The van der Waals surface area contributed by atoms with Crippen LogP contribution in [0.25, 0.3) is 0 Å². The van der Waals surface area contributed by atoms with Crippen LogP contribution < -0.4 is 5.19 Å². The maximum atomic E-state index is 7.65. The molecule has 0 fully saturated rings. The fraction of sp³-hybridized carbons (Fsp3) is 0.667. The Morgan fingerprint density at radius 2 is 1.17 bits per heavy atom. The lowest BCUT2D eigenvalue weighted by molar-refractivity contribution is 0.0620. The average molecular weight is 493 g/mol. The van der Waals surface area contributed by atoms with Crippen molar-refractivity contribution in [2.45, 2.75) is 98.0 Å². The molecule has 1 aliphatic heterocycles. The Bertz CT molecular complexity index is 787. The Morgan fingerprint density at radius 1 is 0.733 bits per heavy atom. The van der Waals surface area contributed by atoms with Crippen LogP contribution in [0.4, 0.5) is 0 Å². The summed E-state index contributed by atoms with van der Waals surface area (Å²) < 4.78 is 7.65. The van der Waals surface area contributed by atoms with Crippen molar-refractivity contribution >= 4 is 43.9 Å². The van der Waals surface area contributed by atoms with Crippen LogP contribution in [0.5, 0.6) is 0 Å². The fourth-order valence-electron chi connectivity index (χ4n) is 6.54. The third-order valence-corrected chi connectivity index (χ3v) is 51.0. The van der Waals surface area contributed by atoms with Crippen molar-refractivity contribution in [3.8, 4) is 0 Å². The van der Waals surface area contributed by atoms with Crippen molar-refractivity contribution in [3.63, 3.8) is 0 Å². The summed E-state index contributed by atoms with van der Waals surface area (Å²) in [7, 11) is -8.41. The molecule has 1 unspecified atom stereocenters. The predicted molar refractivity (Wildman–Crippen MR) is 151 cm³/mol. The van der Waals surface area contributed by atoms with E-state index in [1.165, 1.54) is 0 Å². The van der Waals surface area contributed by atoms with Gasteiger partial charge in [-0.15, -0.1) is 0 Å². The molecule has 170 valence electrons. The number of rotatable bonds is 6. The molecule has 1 nitrogen and oxygen atoms in total. The molecule has 0 saturated heterocycles. The Hall–Kier alpha value is 0.00442. The molecular weight excluding hydrogens is 445 g/mol. The van der Waals surface area contributed by atoms with Gasteiger partial charge in [0.1, 0.15) is 15.2 Å². The van der Waals surface area contributed by atoms with Crippen molar-refractivity contribution < 1.29 is 4.43 Å². The summed E-state index contributed by atoms with van der Waals surface area (Å²) in [6.45, 7) is 35.9. The van der Waals surface area contributed by atoms with Gasteiger partial charge in [-0.1, -0.05) is 120 Å². The van der Waals surface area contributed by atoms with Crippen LogP contribution in [0, 0.1) is 5.41 Å². The van der Waals surface area contributed by atoms with Gasteiger partial charge in [0.2, 0.25) is 0 Å². The van der Waals surface area contributed by atoms with E-state index in [2.05, 4.69) is 129 Å². The summed E-state index contributed by atoms with van der Waals surface area (Å²) in [5.41, 5.74) is 3.07. The molecule has 1 aromatic carbocycles. The minimum Gasteiger partial charge on any atom is -0.411 e. The van der Waals surface area contributed by atoms with Crippen molar-refractivity contribution in [1.82, 2.24) is 0 Å². The van der Waals surface area contributed by atoms with E-state index >= 15 is 0 Å². The molecule has 1 atom stereocenters. The second-order valence-electron chi connectivity index (χ2n) is 14.0. The second kappa shape index (κ2) is 7.52. The molecule has 0 amide bonds. The summed E-state index contributed by atoms with van der Waals surface area (Å²) in [6, 6.07) is 11.4. The van der Waals surface area contributed by atoms with Gasteiger partial charge in [0.05, 0.1) is 5.22 Å². The summed E-state index contributed by atoms with van der Waals surface area (Å²) in [5, 5.41) is 3.26. The lowest BCUT2D eigenvalue weighted by Gasteiger charge is -2.73. The van der Waals surface area contributed by atoms with Gasteiger partial charge in [0.25, 0.3) is 0 Å². The highest BCUT2D eigenvalue weighted by atomic mass is 29.6. The molecule has 0 radical (unpaired) electrons. The third-order valence-electron chi connectivity index (χ3n) is 7.35. The lowest BCUT2D eigenvalue weighted by atomic mass is 9.87. The van der Waals surface area contributed by atoms with Gasteiger partial charge in [-0.2, -0.15) is 0 Å². The van der Waals surface area contributed by atoms with Crippen LogP contribution in [-0.2, 0) is 4.43 Å². The zero-order valence-electron chi connectivity index (χ0n) is 22.4. The van der Waals surface area contributed by atoms with Gasteiger partial charge in [-0.25, -0.2) is 0 Å². The zero-order chi connectivity index (χ0) is 23.6. The summed E-state index contributed by atoms with van der Waals surface area (Å²) in [6.07, 6.45) is 0. The Morgan fingerprint density at radius 3 is 1.50 bits per heavy atom. The van der Waals surface area contributed by atoms with Gasteiger partial charge in [0, 0.05) is 15.2 Å².